The van der Waals surface area contributed by atoms with Gasteiger partial charge in [0.1, 0.15) is 5.75 Å². The molecular formula is C19H24O2. The third-order valence-corrected chi connectivity index (χ3v) is 3.87. The van der Waals surface area contributed by atoms with E-state index in [9.17, 15) is 5.11 Å². The van der Waals surface area contributed by atoms with Crippen LogP contribution in [0.4, 0.5) is 0 Å². The van der Waals surface area contributed by atoms with Gasteiger partial charge in [0.05, 0.1) is 7.11 Å². The van der Waals surface area contributed by atoms with Crippen LogP contribution in [0.25, 0.3) is 0 Å². The van der Waals surface area contributed by atoms with E-state index in [1.54, 1.807) is 7.11 Å². The SMILES string of the molecule is CCc1ccc(CC(CO)Cc2cccc(OC)c2)cc1. The quantitative estimate of drug-likeness (QED) is 0.841. The van der Waals surface area contributed by atoms with Gasteiger partial charge in [0.2, 0.25) is 0 Å². The van der Waals surface area contributed by atoms with Gasteiger partial charge >= 0.3 is 0 Å². The number of ether oxygens (including phenoxy) is 1. The van der Waals surface area contributed by atoms with Crippen LogP contribution in [-0.4, -0.2) is 18.8 Å². The van der Waals surface area contributed by atoms with E-state index in [2.05, 4.69) is 37.3 Å². The molecule has 1 unspecified atom stereocenters. The molecule has 0 fully saturated rings. The first-order valence-electron chi connectivity index (χ1n) is 7.56. The van der Waals surface area contributed by atoms with Crippen molar-refractivity contribution in [2.75, 3.05) is 13.7 Å². The molecule has 2 aromatic rings. The third kappa shape index (κ3) is 4.61. The largest absolute Gasteiger partial charge is 0.497 e. The number of hydrogen-bond acceptors (Lipinski definition) is 2. The first kappa shape index (κ1) is 15.6. The minimum atomic E-state index is 0.201. The molecule has 1 N–H and O–H groups in total. The van der Waals surface area contributed by atoms with Gasteiger partial charge in [-0.2, -0.15) is 0 Å². The van der Waals surface area contributed by atoms with Crippen molar-refractivity contribution in [3.63, 3.8) is 0 Å². The van der Waals surface area contributed by atoms with Crippen molar-refractivity contribution in [3.05, 3.63) is 65.2 Å². The van der Waals surface area contributed by atoms with Crippen LogP contribution in [0.1, 0.15) is 23.6 Å². The molecule has 2 nitrogen and oxygen atoms in total. The van der Waals surface area contributed by atoms with E-state index in [0.717, 1.165) is 25.0 Å². The smallest absolute Gasteiger partial charge is 0.119 e. The van der Waals surface area contributed by atoms with Crippen molar-refractivity contribution in [2.45, 2.75) is 26.2 Å². The number of aliphatic hydroxyl groups excluding tert-OH is 1. The van der Waals surface area contributed by atoms with E-state index in [-0.39, 0.29) is 12.5 Å². The van der Waals surface area contributed by atoms with Crippen LogP contribution in [0.5, 0.6) is 5.75 Å². The molecule has 0 bridgehead atoms. The van der Waals surface area contributed by atoms with E-state index >= 15 is 0 Å². The molecule has 0 aliphatic carbocycles. The van der Waals surface area contributed by atoms with Gasteiger partial charge in [0.15, 0.2) is 0 Å². The Morgan fingerprint density at radius 2 is 1.62 bits per heavy atom. The number of methoxy groups -OCH3 is 1. The van der Waals surface area contributed by atoms with Crippen molar-refractivity contribution in [1.29, 1.82) is 0 Å². The van der Waals surface area contributed by atoms with Crippen molar-refractivity contribution in [2.24, 2.45) is 5.92 Å². The highest BCUT2D eigenvalue weighted by Gasteiger charge is 2.10. The summed E-state index contributed by atoms with van der Waals surface area (Å²) in [5.74, 6) is 1.11. The Morgan fingerprint density at radius 3 is 2.24 bits per heavy atom. The lowest BCUT2D eigenvalue weighted by Gasteiger charge is -2.15. The van der Waals surface area contributed by atoms with Gasteiger partial charge in [0, 0.05) is 6.61 Å². The van der Waals surface area contributed by atoms with E-state index < -0.39 is 0 Å². The van der Waals surface area contributed by atoms with E-state index in [1.807, 2.05) is 18.2 Å². The molecule has 1 atom stereocenters. The monoisotopic (exact) mass is 284 g/mol. The molecule has 112 valence electrons. The minimum Gasteiger partial charge on any atom is -0.497 e. The molecular weight excluding hydrogens is 260 g/mol. The maximum absolute atomic E-state index is 9.64. The average molecular weight is 284 g/mol. The minimum absolute atomic E-state index is 0.201. The van der Waals surface area contributed by atoms with Gasteiger partial charge in [-0.3, -0.25) is 0 Å². The van der Waals surface area contributed by atoms with Gasteiger partial charge in [-0.15, -0.1) is 0 Å². The number of aliphatic hydroxyl groups is 1. The van der Waals surface area contributed by atoms with E-state index in [1.165, 1.54) is 16.7 Å². The predicted molar refractivity (Wildman–Crippen MR) is 86.8 cm³/mol. The summed E-state index contributed by atoms with van der Waals surface area (Å²) in [5.41, 5.74) is 3.85. The fraction of sp³-hybridized carbons (Fsp3) is 0.368. The number of aryl methyl sites for hydroxylation is 1. The second kappa shape index (κ2) is 7.84. The van der Waals surface area contributed by atoms with Crippen molar-refractivity contribution in [1.82, 2.24) is 0 Å². The summed E-state index contributed by atoms with van der Waals surface area (Å²) in [6, 6.07) is 16.8. The van der Waals surface area contributed by atoms with Gasteiger partial charge < -0.3 is 9.84 Å². The Morgan fingerprint density at radius 1 is 0.952 bits per heavy atom. The maximum Gasteiger partial charge on any atom is 0.119 e. The standard InChI is InChI=1S/C19H24O2/c1-3-15-7-9-16(10-8-15)11-18(14-20)12-17-5-4-6-19(13-17)21-2/h4-10,13,18,20H,3,11-12,14H2,1-2H3. The Kier molecular flexibility index (Phi) is 5.82. The summed E-state index contributed by atoms with van der Waals surface area (Å²) < 4.78 is 5.25. The third-order valence-electron chi connectivity index (χ3n) is 3.87. The van der Waals surface area contributed by atoms with Crippen molar-refractivity contribution in [3.8, 4) is 5.75 Å². The number of hydrogen-bond donors (Lipinski definition) is 1. The summed E-state index contributed by atoms with van der Waals surface area (Å²) in [5, 5.41) is 9.64. The van der Waals surface area contributed by atoms with Crippen LogP contribution in [0, 0.1) is 5.92 Å². The van der Waals surface area contributed by atoms with Crippen molar-refractivity contribution < 1.29 is 9.84 Å². The summed E-state index contributed by atoms with van der Waals surface area (Å²) in [7, 11) is 1.68. The van der Waals surface area contributed by atoms with Crippen LogP contribution in [0.15, 0.2) is 48.5 Å². The highest BCUT2D eigenvalue weighted by molar-refractivity contribution is 5.29. The molecule has 0 heterocycles. The zero-order chi connectivity index (χ0) is 15.1. The van der Waals surface area contributed by atoms with Crippen LogP contribution < -0.4 is 4.74 Å². The first-order valence-corrected chi connectivity index (χ1v) is 7.56. The molecule has 2 heteroatoms. The molecule has 0 aliphatic heterocycles. The Labute approximate surface area is 127 Å². The Hall–Kier alpha value is -1.80. The topological polar surface area (TPSA) is 29.5 Å². The van der Waals surface area contributed by atoms with Crippen molar-refractivity contribution >= 4 is 0 Å². The second-order valence-electron chi connectivity index (χ2n) is 5.48. The fourth-order valence-corrected chi connectivity index (χ4v) is 2.58. The normalized spacial score (nSPS) is 12.1. The van der Waals surface area contributed by atoms with Gasteiger partial charge in [-0.25, -0.2) is 0 Å². The summed E-state index contributed by atoms with van der Waals surface area (Å²) in [4.78, 5) is 0. The molecule has 0 saturated carbocycles. The van der Waals surface area contributed by atoms with Crippen LogP contribution in [-0.2, 0) is 19.3 Å². The van der Waals surface area contributed by atoms with Crippen LogP contribution >= 0.6 is 0 Å². The molecule has 2 rings (SSSR count). The molecule has 0 amide bonds. The molecule has 0 aliphatic rings. The van der Waals surface area contributed by atoms with Crippen LogP contribution in [0.2, 0.25) is 0 Å². The van der Waals surface area contributed by atoms with Crippen LogP contribution in [0.3, 0.4) is 0 Å². The molecule has 0 radical (unpaired) electrons. The first-order chi connectivity index (χ1) is 10.2. The molecule has 0 aromatic heterocycles. The molecule has 21 heavy (non-hydrogen) atoms. The lowest BCUT2D eigenvalue weighted by molar-refractivity contribution is 0.225. The molecule has 0 saturated heterocycles. The zero-order valence-electron chi connectivity index (χ0n) is 12.9. The summed E-state index contributed by atoms with van der Waals surface area (Å²) in [6.45, 7) is 2.36. The van der Waals surface area contributed by atoms with Gasteiger partial charge in [-0.1, -0.05) is 43.3 Å². The Bertz CT molecular complexity index is 546. The van der Waals surface area contributed by atoms with Gasteiger partial charge in [0.25, 0.3) is 0 Å². The van der Waals surface area contributed by atoms with Gasteiger partial charge in [-0.05, 0) is 54.0 Å². The lowest BCUT2D eigenvalue weighted by atomic mass is 9.92. The maximum atomic E-state index is 9.64. The number of benzene rings is 2. The molecule has 0 spiro atoms. The highest BCUT2D eigenvalue weighted by Crippen LogP contribution is 2.19. The lowest BCUT2D eigenvalue weighted by Crippen LogP contribution is -2.13. The number of rotatable bonds is 7. The van der Waals surface area contributed by atoms with E-state index in [4.69, 9.17) is 4.74 Å². The Balaban J connectivity index is 2.01. The van der Waals surface area contributed by atoms with E-state index in [0.29, 0.717) is 0 Å². The highest BCUT2D eigenvalue weighted by atomic mass is 16.5. The summed E-state index contributed by atoms with van der Waals surface area (Å²) >= 11 is 0. The molecule has 2 aromatic carbocycles. The average Bonchev–Trinajstić information content (AvgIpc) is 2.55. The fourth-order valence-electron chi connectivity index (χ4n) is 2.58. The zero-order valence-corrected chi connectivity index (χ0v) is 12.9. The second-order valence-corrected chi connectivity index (χ2v) is 5.48. The predicted octanol–water partition coefficient (Wildman–Crippen LogP) is 3.65. The summed E-state index contributed by atoms with van der Waals surface area (Å²) in [6.07, 6.45) is 2.83.